The summed E-state index contributed by atoms with van der Waals surface area (Å²) in [5.41, 5.74) is 0.551. The molecular formula is C16H21FN2O3. The van der Waals surface area contributed by atoms with Crippen LogP contribution in [-0.2, 0) is 14.3 Å². The Morgan fingerprint density at radius 3 is 3.23 bits per heavy atom. The van der Waals surface area contributed by atoms with Crippen LogP contribution in [0.25, 0.3) is 6.08 Å². The third-order valence-electron chi connectivity index (χ3n) is 3.25. The van der Waals surface area contributed by atoms with E-state index in [0.717, 1.165) is 32.1 Å². The standard InChI is InChI=1S/C16H21FN2O3/c17-14-9-13(10-18-11-14)4-5-16(20)19-6-2-7-21-12-15-3-1-8-22-15/h4-5,9-11,15H,1-3,6-8,12H2,(H,19,20). The highest BCUT2D eigenvalue weighted by atomic mass is 19.1. The van der Waals surface area contributed by atoms with Crippen molar-refractivity contribution >= 4 is 12.0 Å². The Bertz CT molecular complexity index is 502. The number of halogens is 1. The molecule has 0 bridgehead atoms. The van der Waals surface area contributed by atoms with Gasteiger partial charge in [-0.1, -0.05) is 0 Å². The van der Waals surface area contributed by atoms with Crippen LogP contribution in [0.15, 0.2) is 24.5 Å². The Morgan fingerprint density at radius 1 is 1.55 bits per heavy atom. The van der Waals surface area contributed by atoms with Gasteiger partial charge in [0.2, 0.25) is 5.91 Å². The predicted octanol–water partition coefficient (Wildman–Crippen LogP) is 1.94. The molecule has 1 aromatic rings. The first-order chi connectivity index (χ1) is 10.7. The minimum atomic E-state index is -0.425. The molecule has 5 nitrogen and oxygen atoms in total. The highest BCUT2D eigenvalue weighted by molar-refractivity contribution is 5.91. The summed E-state index contributed by atoms with van der Waals surface area (Å²) in [7, 11) is 0. The number of nitrogens with zero attached hydrogens (tertiary/aromatic N) is 1. The van der Waals surface area contributed by atoms with E-state index in [2.05, 4.69) is 10.3 Å². The largest absolute Gasteiger partial charge is 0.379 e. The van der Waals surface area contributed by atoms with E-state index in [4.69, 9.17) is 9.47 Å². The number of carbonyl (C=O) groups excluding carboxylic acids is 1. The summed E-state index contributed by atoms with van der Waals surface area (Å²) in [5.74, 6) is -0.644. The molecule has 0 aromatic carbocycles. The average Bonchev–Trinajstić information content (AvgIpc) is 3.02. The molecule has 0 saturated carbocycles. The lowest BCUT2D eigenvalue weighted by atomic mass is 10.2. The second-order valence-corrected chi connectivity index (χ2v) is 5.12. The monoisotopic (exact) mass is 308 g/mol. The van der Waals surface area contributed by atoms with Gasteiger partial charge in [0.05, 0.1) is 18.9 Å². The first kappa shape index (κ1) is 16.6. The highest BCUT2D eigenvalue weighted by Gasteiger charge is 2.14. The zero-order valence-corrected chi connectivity index (χ0v) is 12.5. The molecule has 1 atom stereocenters. The van der Waals surface area contributed by atoms with Crippen molar-refractivity contribution in [2.24, 2.45) is 0 Å². The molecule has 6 heteroatoms. The smallest absolute Gasteiger partial charge is 0.244 e. The molecular weight excluding hydrogens is 287 g/mol. The van der Waals surface area contributed by atoms with Crippen molar-refractivity contribution in [3.05, 3.63) is 35.9 Å². The van der Waals surface area contributed by atoms with Crippen LogP contribution in [0.3, 0.4) is 0 Å². The lowest BCUT2D eigenvalue weighted by Gasteiger charge is -2.09. The van der Waals surface area contributed by atoms with E-state index in [1.165, 1.54) is 24.4 Å². The van der Waals surface area contributed by atoms with Crippen LogP contribution >= 0.6 is 0 Å². The van der Waals surface area contributed by atoms with Gasteiger partial charge in [-0.15, -0.1) is 0 Å². The van der Waals surface area contributed by atoms with Crippen LogP contribution in [-0.4, -0.2) is 43.4 Å². The van der Waals surface area contributed by atoms with Crippen molar-refractivity contribution in [1.82, 2.24) is 10.3 Å². The molecule has 0 radical (unpaired) electrons. The maximum atomic E-state index is 12.9. The molecule has 2 rings (SSSR count). The Balaban J connectivity index is 1.53. The van der Waals surface area contributed by atoms with Gasteiger partial charge in [0.15, 0.2) is 0 Å². The normalized spacial score (nSPS) is 18.0. The third-order valence-corrected chi connectivity index (χ3v) is 3.25. The number of ether oxygens (including phenoxy) is 2. The van der Waals surface area contributed by atoms with Gasteiger partial charge in [-0.25, -0.2) is 4.39 Å². The number of rotatable bonds is 8. The molecule has 1 unspecified atom stereocenters. The van der Waals surface area contributed by atoms with E-state index in [1.807, 2.05) is 0 Å². The van der Waals surface area contributed by atoms with Gasteiger partial charge in [0.25, 0.3) is 0 Å². The number of hydrogen-bond acceptors (Lipinski definition) is 4. The topological polar surface area (TPSA) is 60.5 Å². The van der Waals surface area contributed by atoms with Crippen LogP contribution < -0.4 is 5.32 Å². The summed E-state index contributed by atoms with van der Waals surface area (Å²) in [6.45, 7) is 2.59. The van der Waals surface area contributed by atoms with Gasteiger partial charge in [-0.05, 0) is 37.0 Å². The van der Waals surface area contributed by atoms with Crippen molar-refractivity contribution in [2.45, 2.75) is 25.4 Å². The number of pyridine rings is 1. The molecule has 1 amide bonds. The average molecular weight is 308 g/mol. The van der Waals surface area contributed by atoms with E-state index in [1.54, 1.807) is 0 Å². The molecule has 1 N–H and O–H groups in total. The molecule has 2 heterocycles. The summed E-state index contributed by atoms with van der Waals surface area (Å²) in [5, 5.41) is 2.74. The van der Waals surface area contributed by atoms with Gasteiger partial charge in [-0.3, -0.25) is 9.78 Å². The molecule has 1 aliphatic rings. The summed E-state index contributed by atoms with van der Waals surface area (Å²) < 4.78 is 23.8. The summed E-state index contributed by atoms with van der Waals surface area (Å²) in [6.07, 6.45) is 8.65. The van der Waals surface area contributed by atoms with Crippen LogP contribution in [0.1, 0.15) is 24.8 Å². The maximum Gasteiger partial charge on any atom is 0.244 e. The van der Waals surface area contributed by atoms with Crippen molar-refractivity contribution < 1.29 is 18.7 Å². The van der Waals surface area contributed by atoms with E-state index >= 15 is 0 Å². The number of nitrogens with one attached hydrogen (secondary N) is 1. The van der Waals surface area contributed by atoms with Gasteiger partial charge in [-0.2, -0.15) is 0 Å². The second kappa shape index (κ2) is 9.27. The van der Waals surface area contributed by atoms with Crippen molar-refractivity contribution in [1.29, 1.82) is 0 Å². The Hall–Kier alpha value is -1.79. The Morgan fingerprint density at radius 2 is 2.45 bits per heavy atom. The van der Waals surface area contributed by atoms with E-state index < -0.39 is 5.82 Å². The zero-order valence-electron chi connectivity index (χ0n) is 12.5. The molecule has 0 spiro atoms. The molecule has 120 valence electrons. The summed E-state index contributed by atoms with van der Waals surface area (Å²) >= 11 is 0. The summed E-state index contributed by atoms with van der Waals surface area (Å²) in [4.78, 5) is 15.3. The van der Waals surface area contributed by atoms with Crippen LogP contribution in [0.5, 0.6) is 0 Å². The fraction of sp³-hybridized carbons (Fsp3) is 0.500. The number of carbonyl (C=O) groups is 1. The van der Waals surface area contributed by atoms with Gasteiger partial charge >= 0.3 is 0 Å². The minimum Gasteiger partial charge on any atom is -0.379 e. The summed E-state index contributed by atoms with van der Waals surface area (Å²) in [6, 6.07) is 1.32. The van der Waals surface area contributed by atoms with E-state index in [9.17, 15) is 9.18 Å². The number of amides is 1. The zero-order chi connectivity index (χ0) is 15.6. The second-order valence-electron chi connectivity index (χ2n) is 5.12. The first-order valence-corrected chi connectivity index (χ1v) is 7.50. The van der Waals surface area contributed by atoms with Crippen molar-refractivity contribution in [3.8, 4) is 0 Å². The first-order valence-electron chi connectivity index (χ1n) is 7.50. The molecule has 1 saturated heterocycles. The maximum absolute atomic E-state index is 12.9. The van der Waals surface area contributed by atoms with Crippen molar-refractivity contribution in [2.75, 3.05) is 26.4 Å². The van der Waals surface area contributed by atoms with Gasteiger partial charge in [0, 0.05) is 32.0 Å². The molecule has 0 aliphatic carbocycles. The molecule has 22 heavy (non-hydrogen) atoms. The highest BCUT2D eigenvalue weighted by Crippen LogP contribution is 2.11. The number of hydrogen-bond donors (Lipinski definition) is 1. The lowest BCUT2D eigenvalue weighted by molar-refractivity contribution is -0.116. The minimum absolute atomic E-state index is 0.219. The lowest BCUT2D eigenvalue weighted by Crippen LogP contribution is -2.23. The van der Waals surface area contributed by atoms with Crippen molar-refractivity contribution in [3.63, 3.8) is 0 Å². The van der Waals surface area contributed by atoms with Crippen LogP contribution in [0.2, 0.25) is 0 Å². The Kier molecular flexibility index (Phi) is 6.99. The van der Waals surface area contributed by atoms with Crippen LogP contribution in [0, 0.1) is 5.82 Å². The van der Waals surface area contributed by atoms with Gasteiger partial charge in [0.1, 0.15) is 5.82 Å². The van der Waals surface area contributed by atoms with E-state index in [-0.39, 0.29) is 12.0 Å². The van der Waals surface area contributed by atoms with E-state index in [0.29, 0.717) is 25.3 Å². The Labute approximate surface area is 129 Å². The van der Waals surface area contributed by atoms with Crippen LogP contribution in [0.4, 0.5) is 4.39 Å². The molecule has 1 fully saturated rings. The molecule has 1 aliphatic heterocycles. The van der Waals surface area contributed by atoms with Gasteiger partial charge < -0.3 is 14.8 Å². The number of aromatic nitrogens is 1. The fourth-order valence-electron chi connectivity index (χ4n) is 2.13. The predicted molar refractivity (Wildman–Crippen MR) is 80.6 cm³/mol. The molecule has 1 aromatic heterocycles. The fourth-order valence-corrected chi connectivity index (χ4v) is 2.13. The SMILES string of the molecule is O=C(C=Cc1cncc(F)c1)NCCCOCC1CCCO1. The third kappa shape index (κ3) is 6.32. The quantitative estimate of drug-likeness (QED) is 0.589.